The topological polar surface area (TPSA) is 43.4 Å². The molecule has 0 fully saturated rings. The van der Waals surface area contributed by atoms with E-state index in [1.54, 1.807) is 0 Å². The number of carbonyl (C=O) groups excluding carboxylic acids is 2. The first-order chi connectivity index (χ1) is 8.72. The summed E-state index contributed by atoms with van der Waals surface area (Å²) in [7, 11) is 0. The summed E-state index contributed by atoms with van der Waals surface area (Å²) in [6.45, 7) is 11.4. The number of carbonyl (C=O) groups is 2. The molecule has 0 saturated carbocycles. The van der Waals surface area contributed by atoms with Crippen molar-refractivity contribution in [3.63, 3.8) is 0 Å². The van der Waals surface area contributed by atoms with Crippen LogP contribution in [0.1, 0.15) is 73.1 Å². The lowest BCUT2D eigenvalue weighted by molar-refractivity contribution is -0.147. The second kappa shape index (κ2) is 8.34. The highest BCUT2D eigenvalue weighted by Crippen LogP contribution is 2.36. The Morgan fingerprint density at radius 3 is 2.26 bits per heavy atom. The van der Waals surface area contributed by atoms with E-state index in [2.05, 4.69) is 34.6 Å². The van der Waals surface area contributed by atoms with Crippen molar-refractivity contribution < 1.29 is 14.3 Å². The maximum atomic E-state index is 11.6. The number of aldehydes is 1. The van der Waals surface area contributed by atoms with Crippen molar-refractivity contribution in [2.24, 2.45) is 10.8 Å². The first kappa shape index (κ1) is 18.1. The molecule has 0 aliphatic carbocycles. The van der Waals surface area contributed by atoms with Crippen LogP contribution in [-0.4, -0.2) is 18.9 Å². The molecule has 0 aromatic heterocycles. The normalized spacial score (nSPS) is 12.3. The molecule has 0 saturated heterocycles. The van der Waals surface area contributed by atoms with Crippen LogP contribution in [0.2, 0.25) is 0 Å². The molecule has 0 unspecified atom stereocenters. The Kier molecular flexibility index (Phi) is 7.96. The number of hydrogen-bond donors (Lipinski definition) is 0. The third-order valence-corrected chi connectivity index (χ3v) is 3.49. The average Bonchev–Trinajstić information content (AvgIpc) is 2.31. The number of hydrogen-bond acceptors (Lipinski definition) is 3. The molecule has 0 heterocycles. The zero-order valence-corrected chi connectivity index (χ0v) is 13.3. The fourth-order valence-corrected chi connectivity index (χ4v) is 2.32. The van der Waals surface area contributed by atoms with E-state index in [0.717, 1.165) is 32.0 Å². The van der Waals surface area contributed by atoms with E-state index in [-0.39, 0.29) is 16.8 Å². The maximum absolute atomic E-state index is 11.6. The van der Waals surface area contributed by atoms with Crippen LogP contribution in [0.25, 0.3) is 0 Å². The quantitative estimate of drug-likeness (QED) is 0.340. The molecule has 112 valence electrons. The minimum Gasteiger partial charge on any atom is -0.465 e. The van der Waals surface area contributed by atoms with Crippen LogP contribution < -0.4 is 0 Å². The van der Waals surface area contributed by atoms with Crippen LogP contribution in [-0.2, 0) is 14.3 Å². The Hall–Kier alpha value is -0.860. The molecule has 19 heavy (non-hydrogen) atoms. The lowest BCUT2D eigenvalue weighted by Crippen LogP contribution is -2.28. The molecule has 0 aliphatic heterocycles. The van der Waals surface area contributed by atoms with Crippen molar-refractivity contribution in [1.29, 1.82) is 0 Å². The molecule has 0 bridgehead atoms. The monoisotopic (exact) mass is 270 g/mol. The summed E-state index contributed by atoms with van der Waals surface area (Å²) in [5.74, 6) is -0.145. The Bertz CT molecular complexity index is 280. The van der Waals surface area contributed by atoms with Gasteiger partial charge in [-0.05, 0) is 30.1 Å². The van der Waals surface area contributed by atoms with E-state index < -0.39 is 0 Å². The van der Waals surface area contributed by atoms with Gasteiger partial charge in [0.15, 0.2) is 0 Å². The predicted octanol–water partition coefficient (Wildman–Crippen LogP) is 4.14. The minimum atomic E-state index is -0.145. The van der Waals surface area contributed by atoms with Crippen LogP contribution in [0, 0.1) is 10.8 Å². The van der Waals surface area contributed by atoms with Gasteiger partial charge in [0.05, 0.1) is 6.61 Å². The highest BCUT2D eigenvalue weighted by molar-refractivity contribution is 5.69. The van der Waals surface area contributed by atoms with Gasteiger partial charge in [0.1, 0.15) is 6.29 Å². The van der Waals surface area contributed by atoms with Gasteiger partial charge in [-0.25, -0.2) is 0 Å². The molecule has 0 aromatic carbocycles. The van der Waals surface area contributed by atoms with Gasteiger partial charge < -0.3 is 9.53 Å². The van der Waals surface area contributed by atoms with Crippen molar-refractivity contribution in [2.75, 3.05) is 6.61 Å². The summed E-state index contributed by atoms with van der Waals surface area (Å²) in [5.41, 5.74) is 0.290. The molecule has 0 aliphatic rings. The van der Waals surface area contributed by atoms with Gasteiger partial charge in [0.2, 0.25) is 0 Å². The summed E-state index contributed by atoms with van der Waals surface area (Å²) >= 11 is 0. The van der Waals surface area contributed by atoms with Crippen molar-refractivity contribution in [1.82, 2.24) is 0 Å². The molecule has 0 aromatic rings. The molecule has 0 rings (SSSR count). The molecule has 3 nitrogen and oxygen atoms in total. The Morgan fingerprint density at radius 1 is 1.11 bits per heavy atom. The average molecular weight is 270 g/mol. The molecule has 0 N–H and O–H groups in total. The highest BCUT2D eigenvalue weighted by Gasteiger charge is 2.28. The summed E-state index contributed by atoms with van der Waals surface area (Å²) in [5, 5.41) is 0. The fourth-order valence-electron chi connectivity index (χ4n) is 2.32. The van der Waals surface area contributed by atoms with E-state index >= 15 is 0 Å². The smallest absolute Gasteiger partial charge is 0.305 e. The number of unbranched alkanes of at least 4 members (excludes halogenated alkanes) is 2. The van der Waals surface area contributed by atoms with Crippen LogP contribution in [0.5, 0.6) is 0 Å². The summed E-state index contributed by atoms with van der Waals surface area (Å²) in [6, 6.07) is 0. The van der Waals surface area contributed by atoms with Gasteiger partial charge in [-0.2, -0.15) is 0 Å². The zero-order valence-electron chi connectivity index (χ0n) is 13.3. The van der Waals surface area contributed by atoms with Gasteiger partial charge in [-0.15, -0.1) is 0 Å². The van der Waals surface area contributed by atoms with E-state index in [9.17, 15) is 9.59 Å². The molecule has 0 atom stereocenters. The molecule has 0 radical (unpaired) electrons. The second-order valence-corrected chi connectivity index (χ2v) is 6.93. The van der Waals surface area contributed by atoms with Gasteiger partial charge in [-0.1, -0.05) is 41.0 Å². The lowest BCUT2D eigenvalue weighted by Gasteiger charge is -2.33. The third-order valence-electron chi connectivity index (χ3n) is 3.49. The molecule has 0 spiro atoms. The standard InChI is InChI=1S/C16H30O3/c1-6-15(2,3)12-16(4,5)13-19-14(18)10-8-7-9-11-17/h11H,6-10,12-13H2,1-5H3. The number of esters is 1. The second-order valence-electron chi connectivity index (χ2n) is 6.93. The van der Waals surface area contributed by atoms with Gasteiger partial charge in [-0.3, -0.25) is 4.79 Å². The molecule has 0 amide bonds. The Balaban J connectivity index is 3.96. The number of ether oxygens (including phenoxy) is 1. The first-order valence-corrected chi connectivity index (χ1v) is 7.32. The summed E-state index contributed by atoms with van der Waals surface area (Å²) in [4.78, 5) is 21.7. The van der Waals surface area contributed by atoms with Crippen molar-refractivity contribution in [3.8, 4) is 0 Å². The van der Waals surface area contributed by atoms with Crippen LogP contribution in [0.4, 0.5) is 0 Å². The molecular weight excluding hydrogens is 240 g/mol. The lowest BCUT2D eigenvalue weighted by atomic mass is 9.74. The first-order valence-electron chi connectivity index (χ1n) is 7.32. The SMILES string of the molecule is CCC(C)(C)CC(C)(C)COC(=O)CCCCC=O. The third kappa shape index (κ3) is 9.69. The predicted molar refractivity (Wildman–Crippen MR) is 78.0 cm³/mol. The van der Waals surface area contributed by atoms with Crippen LogP contribution in [0.15, 0.2) is 0 Å². The van der Waals surface area contributed by atoms with Crippen LogP contribution >= 0.6 is 0 Å². The van der Waals surface area contributed by atoms with E-state index in [1.165, 1.54) is 0 Å². The van der Waals surface area contributed by atoms with E-state index in [4.69, 9.17) is 4.74 Å². The zero-order chi connectivity index (χ0) is 14.9. The molecular formula is C16H30O3. The van der Waals surface area contributed by atoms with Gasteiger partial charge >= 0.3 is 5.97 Å². The summed E-state index contributed by atoms with van der Waals surface area (Å²) < 4.78 is 5.35. The van der Waals surface area contributed by atoms with Gasteiger partial charge in [0, 0.05) is 12.8 Å². The Labute approximate surface area is 118 Å². The van der Waals surface area contributed by atoms with Crippen LogP contribution in [0.3, 0.4) is 0 Å². The largest absolute Gasteiger partial charge is 0.465 e. The van der Waals surface area contributed by atoms with Crippen molar-refractivity contribution in [2.45, 2.75) is 73.1 Å². The van der Waals surface area contributed by atoms with Crippen molar-refractivity contribution in [3.05, 3.63) is 0 Å². The van der Waals surface area contributed by atoms with E-state index in [0.29, 0.717) is 19.4 Å². The maximum Gasteiger partial charge on any atom is 0.305 e. The van der Waals surface area contributed by atoms with Crippen molar-refractivity contribution >= 4 is 12.3 Å². The fraction of sp³-hybridized carbons (Fsp3) is 0.875. The highest BCUT2D eigenvalue weighted by atomic mass is 16.5. The van der Waals surface area contributed by atoms with Gasteiger partial charge in [0.25, 0.3) is 0 Å². The summed E-state index contributed by atoms with van der Waals surface area (Å²) in [6.07, 6.45) is 5.50. The number of rotatable bonds is 10. The van der Waals surface area contributed by atoms with E-state index in [1.807, 2.05) is 0 Å². The minimum absolute atomic E-state index is 0.0119. The molecule has 3 heteroatoms. The Morgan fingerprint density at radius 2 is 1.74 bits per heavy atom.